The summed E-state index contributed by atoms with van der Waals surface area (Å²) in [6, 6.07) is 6.17. The van der Waals surface area contributed by atoms with Crippen LogP contribution in [0.2, 0.25) is 0 Å². The van der Waals surface area contributed by atoms with E-state index in [1.807, 2.05) is 0 Å². The molecule has 0 saturated carbocycles. The van der Waals surface area contributed by atoms with Crippen molar-refractivity contribution in [3.8, 4) is 11.5 Å². The third-order valence-corrected chi connectivity index (χ3v) is 3.53. The number of carbonyl (C=O) groups excluding carboxylic acids is 1. The third-order valence-electron chi connectivity index (χ3n) is 2.64. The van der Waals surface area contributed by atoms with Gasteiger partial charge in [0.15, 0.2) is 10.9 Å². The Kier molecular flexibility index (Phi) is 2.96. The van der Waals surface area contributed by atoms with E-state index in [2.05, 4.69) is 9.97 Å². The van der Waals surface area contributed by atoms with Crippen LogP contribution in [-0.4, -0.2) is 15.8 Å². The van der Waals surface area contributed by atoms with Crippen molar-refractivity contribution in [2.45, 2.75) is 0 Å². The van der Waals surface area contributed by atoms with E-state index in [-0.39, 0.29) is 22.0 Å². The van der Waals surface area contributed by atoms with Gasteiger partial charge >= 0.3 is 0 Å². The van der Waals surface area contributed by atoms with Gasteiger partial charge in [-0.25, -0.2) is 4.98 Å². The van der Waals surface area contributed by atoms with Crippen LogP contribution in [0, 0.1) is 0 Å². The van der Waals surface area contributed by atoms with Gasteiger partial charge in [-0.2, -0.15) is 0 Å². The lowest BCUT2D eigenvalue weighted by molar-refractivity contribution is 0.104. The third kappa shape index (κ3) is 2.14. The number of nitrogens with two attached hydrogens (primary N) is 1. The fourth-order valence-electron chi connectivity index (χ4n) is 1.79. The molecule has 3 aromatic heterocycles. The highest BCUT2D eigenvalue weighted by Crippen LogP contribution is 2.31. The summed E-state index contributed by atoms with van der Waals surface area (Å²) in [7, 11) is 0. The highest BCUT2D eigenvalue weighted by atomic mass is 32.1. The van der Waals surface area contributed by atoms with Gasteiger partial charge in [0.25, 0.3) is 0 Å². The van der Waals surface area contributed by atoms with E-state index in [0.717, 1.165) is 11.3 Å². The minimum Gasteiger partial charge on any atom is -0.463 e. The molecule has 0 aliphatic carbocycles. The molecule has 0 spiro atoms. The average molecular weight is 287 g/mol. The predicted molar refractivity (Wildman–Crippen MR) is 74.7 cm³/mol. The number of aromatic nitrogens is 2. The van der Waals surface area contributed by atoms with Crippen LogP contribution in [-0.2, 0) is 0 Å². The summed E-state index contributed by atoms with van der Waals surface area (Å²) in [6.07, 6.45) is 2.92. The number of aromatic amines is 1. The molecule has 0 aliphatic heterocycles. The number of hydrogen-bond acceptors (Lipinski definition) is 6. The van der Waals surface area contributed by atoms with Gasteiger partial charge in [0.1, 0.15) is 10.6 Å². The Bertz CT molecular complexity index is 818. The summed E-state index contributed by atoms with van der Waals surface area (Å²) in [4.78, 5) is 30.7. The monoisotopic (exact) mass is 287 g/mol. The number of ketones is 1. The Labute approximate surface area is 116 Å². The second-order valence-corrected chi connectivity index (χ2v) is 5.01. The van der Waals surface area contributed by atoms with Gasteiger partial charge in [-0.3, -0.25) is 9.59 Å². The standard InChI is InChI=1S/C13H9N3O3S/c14-13-16-10(8-2-1-5-19-8)12(20-13)11(18)7-3-4-15-9(17)6-7/h1-6H,(H2,14,16)(H,15,17). The second kappa shape index (κ2) is 4.78. The van der Waals surface area contributed by atoms with Gasteiger partial charge in [-0.1, -0.05) is 11.3 Å². The Morgan fingerprint density at radius 1 is 1.40 bits per heavy atom. The first-order valence-corrected chi connectivity index (χ1v) is 6.50. The van der Waals surface area contributed by atoms with Crippen molar-refractivity contribution in [1.82, 2.24) is 9.97 Å². The van der Waals surface area contributed by atoms with Crippen molar-refractivity contribution < 1.29 is 9.21 Å². The molecule has 0 unspecified atom stereocenters. The zero-order valence-corrected chi connectivity index (χ0v) is 10.9. The van der Waals surface area contributed by atoms with Crippen LogP contribution >= 0.6 is 11.3 Å². The van der Waals surface area contributed by atoms with Crippen LogP contribution < -0.4 is 11.3 Å². The summed E-state index contributed by atoms with van der Waals surface area (Å²) < 4.78 is 5.25. The lowest BCUT2D eigenvalue weighted by Gasteiger charge is -1.99. The van der Waals surface area contributed by atoms with Crippen LogP contribution in [0.3, 0.4) is 0 Å². The summed E-state index contributed by atoms with van der Waals surface area (Å²) >= 11 is 1.07. The largest absolute Gasteiger partial charge is 0.463 e. The van der Waals surface area contributed by atoms with Crippen LogP contribution in [0.4, 0.5) is 5.13 Å². The molecule has 7 heteroatoms. The molecule has 3 heterocycles. The molecular weight excluding hydrogens is 278 g/mol. The number of H-pyrrole nitrogens is 1. The Hall–Kier alpha value is -2.67. The second-order valence-electron chi connectivity index (χ2n) is 3.98. The molecule has 6 nitrogen and oxygen atoms in total. The topological polar surface area (TPSA) is 102 Å². The molecule has 100 valence electrons. The summed E-state index contributed by atoms with van der Waals surface area (Å²) in [5.41, 5.74) is 6.01. The molecule has 0 aromatic carbocycles. The van der Waals surface area contributed by atoms with Gasteiger partial charge in [0.05, 0.1) is 6.26 Å². The first-order chi connectivity index (χ1) is 9.65. The molecule has 0 radical (unpaired) electrons. The number of nitrogen functional groups attached to an aromatic ring is 1. The highest BCUT2D eigenvalue weighted by Gasteiger charge is 2.21. The SMILES string of the molecule is Nc1nc(-c2ccco2)c(C(=O)c2cc[nH]c(=O)c2)s1. The maximum atomic E-state index is 12.4. The minimum absolute atomic E-state index is 0.268. The van der Waals surface area contributed by atoms with Gasteiger partial charge in [-0.15, -0.1) is 0 Å². The number of anilines is 1. The zero-order chi connectivity index (χ0) is 14.1. The van der Waals surface area contributed by atoms with Crippen molar-refractivity contribution in [2.75, 3.05) is 5.73 Å². The van der Waals surface area contributed by atoms with E-state index in [4.69, 9.17) is 10.2 Å². The van der Waals surface area contributed by atoms with E-state index in [0.29, 0.717) is 16.3 Å². The number of thiazole rings is 1. The van der Waals surface area contributed by atoms with E-state index in [1.165, 1.54) is 24.6 Å². The number of hydrogen-bond donors (Lipinski definition) is 2. The average Bonchev–Trinajstić information content (AvgIpc) is 3.06. The molecule has 0 atom stereocenters. The molecule has 0 fully saturated rings. The lowest BCUT2D eigenvalue weighted by Crippen LogP contribution is -2.09. The van der Waals surface area contributed by atoms with Crippen molar-refractivity contribution in [3.05, 3.63) is 57.5 Å². The number of pyridine rings is 1. The van der Waals surface area contributed by atoms with E-state index in [9.17, 15) is 9.59 Å². The smallest absolute Gasteiger partial charge is 0.248 e. The molecule has 0 saturated heterocycles. The van der Waals surface area contributed by atoms with Crippen LogP contribution in [0.15, 0.2) is 45.9 Å². The Morgan fingerprint density at radius 2 is 2.25 bits per heavy atom. The van der Waals surface area contributed by atoms with E-state index < -0.39 is 0 Å². The highest BCUT2D eigenvalue weighted by molar-refractivity contribution is 7.18. The molecule has 3 N–H and O–H groups in total. The van der Waals surface area contributed by atoms with Gasteiger partial charge in [0.2, 0.25) is 11.3 Å². The summed E-state index contributed by atoms with van der Waals surface area (Å²) in [5, 5.41) is 0.268. The predicted octanol–water partition coefficient (Wildman–Crippen LogP) is 1.90. The van der Waals surface area contributed by atoms with Gasteiger partial charge < -0.3 is 15.1 Å². The zero-order valence-electron chi connectivity index (χ0n) is 10.1. The fourth-order valence-corrected chi connectivity index (χ4v) is 2.59. The van der Waals surface area contributed by atoms with Gasteiger partial charge in [-0.05, 0) is 18.2 Å². The number of rotatable bonds is 3. The summed E-state index contributed by atoms with van der Waals surface area (Å²) in [6.45, 7) is 0. The number of carbonyl (C=O) groups is 1. The molecule has 3 rings (SSSR count). The molecular formula is C13H9N3O3S. The molecule has 0 bridgehead atoms. The lowest BCUT2D eigenvalue weighted by atomic mass is 10.1. The summed E-state index contributed by atoms with van der Waals surface area (Å²) in [5.74, 6) is 0.155. The van der Waals surface area contributed by atoms with Crippen molar-refractivity contribution in [1.29, 1.82) is 0 Å². The Morgan fingerprint density at radius 3 is 2.95 bits per heavy atom. The molecule has 0 aliphatic rings. The number of furan rings is 1. The van der Waals surface area contributed by atoms with Gasteiger partial charge in [0, 0.05) is 17.8 Å². The maximum absolute atomic E-state index is 12.4. The minimum atomic E-state index is -0.340. The quantitative estimate of drug-likeness (QED) is 0.716. The van der Waals surface area contributed by atoms with E-state index in [1.54, 1.807) is 12.1 Å². The molecule has 0 amide bonds. The normalized spacial score (nSPS) is 10.6. The van der Waals surface area contributed by atoms with Crippen molar-refractivity contribution >= 4 is 22.3 Å². The number of nitrogens with zero attached hydrogens (tertiary/aromatic N) is 1. The van der Waals surface area contributed by atoms with Crippen molar-refractivity contribution in [3.63, 3.8) is 0 Å². The van der Waals surface area contributed by atoms with Crippen LogP contribution in [0.1, 0.15) is 15.2 Å². The first kappa shape index (κ1) is 12.4. The number of nitrogens with one attached hydrogen (secondary N) is 1. The fraction of sp³-hybridized carbons (Fsp3) is 0. The van der Waals surface area contributed by atoms with Crippen LogP contribution in [0.5, 0.6) is 0 Å². The first-order valence-electron chi connectivity index (χ1n) is 5.69. The Balaban J connectivity index is 2.11. The van der Waals surface area contributed by atoms with Crippen molar-refractivity contribution in [2.24, 2.45) is 0 Å². The molecule has 20 heavy (non-hydrogen) atoms. The van der Waals surface area contributed by atoms with E-state index >= 15 is 0 Å². The molecule has 3 aromatic rings. The van der Waals surface area contributed by atoms with Crippen LogP contribution in [0.25, 0.3) is 11.5 Å². The maximum Gasteiger partial charge on any atom is 0.248 e.